The maximum atomic E-state index is 12.9. The SMILES string of the molecule is Cl.Cl.Nc1cc(-c2ccc(C(=O)N3CC[C@@]4(O)CCNC[C@H]4C3)cc2)ncn1. The predicted octanol–water partition coefficient (Wildman–Crippen LogP) is 1.76. The highest BCUT2D eigenvalue weighted by atomic mass is 35.5. The van der Waals surface area contributed by atoms with E-state index in [9.17, 15) is 9.90 Å². The zero-order chi connectivity index (χ0) is 18.1. The van der Waals surface area contributed by atoms with E-state index in [0.29, 0.717) is 30.9 Å². The molecule has 0 radical (unpaired) electrons. The van der Waals surface area contributed by atoms with Crippen LogP contribution in [-0.2, 0) is 0 Å². The van der Waals surface area contributed by atoms with E-state index < -0.39 is 5.60 Å². The summed E-state index contributed by atoms with van der Waals surface area (Å²) in [6.45, 7) is 2.78. The number of aliphatic hydroxyl groups is 1. The number of likely N-dealkylation sites (tertiary alicyclic amines) is 1. The van der Waals surface area contributed by atoms with Crippen molar-refractivity contribution in [2.75, 3.05) is 31.9 Å². The minimum atomic E-state index is -0.626. The number of carbonyl (C=O) groups excluding carboxylic acids is 1. The van der Waals surface area contributed by atoms with Gasteiger partial charge < -0.3 is 21.1 Å². The van der Waals surface area contributed by atoms with Crippen molar-refractivity contribution >= 4 is 36.5 Å². The standard InChI is InChI=1S/C19H23N5O2.2ClH/c20-17-9-16(22-12-23-17)13-1-3-14(4-2-13)18(25)24-8-6-19(26)5-7-21-10-15(19)11-24;;/h1-4,9,12,15,21,26H,5-8,10-11H2,(H2,20,22,23);2*1H/t15-,19-;;/m0../s1. The molecule has 7 nitrogen and oxygen atoms in total. The van der Waals surface area contributed by atoms with Crippen molar-refractivity contribution in [2.24, 2.45) is 5.92 Å². The lowest BCUT2D eigenvalue weighted by Crippen LogP contribution is -2.59. The van der Waals surface area contributed by atoms with Gasteiger partial charge in [-0.2, -0.15) is 0 Å². The van der Waals surface area contributed by atoms with Crippen molar-refractivity contribution < 1.29 is 9.90 Å². The molecule has 152 valence electrons. The van der Waals surface area contributed by atoms with Crippen LogP contribution in [0, 0.1) is 5.92 Å². The molecule has 4 N–H and O–H groups in total. The van der Waals surface area contributed by atoms with Crippen molar-refractivity contribution in [1.29, 1.82) is 0 Å². The van der Waals surface area contributed by atoms with Crippen LogP contribution < -0.4 is 11.1 Å². The summed E-state index contributed by atoms with van der Waals surface area (Å²) in [7, 11) is 0. The van der Waals surface area contributed by atoms with Crippen LogP contribution in [0.25, 0.3) is 11.3 Å². The van der Waals surface area contributed by atoms with Crippen LogP contribution in [-0.4, -0.2) is 57.7 Å². The van der Waals surface area contributed by atoms with E-state index in [4.69, 9.17) is 5.73 Å². The average molecular weight is 426 g/mol. The molecule has 2 aliphatic heterocycles. The number of aromatic nitrogens is 2. The van der Waals surface area contributed by atoms with E-state index in [1.54, 1.807) is 6.07 Å². The van der Waals surface area contributed by atoms with Crippen LogP contribution in [0.1, 0.15) is 23.2 Å². The number of nitrogens with zero attached hydrogens (tertiary/aromatic N) is 3. The molecule has 2 aromatic rings. The van der Waals surface area contributed by atoms with Gasteiger partial charge in [-0.3, -0.25) is 4.79 Å². The number of amides is 1. The fraction of sp³-hybridized carbons (Fsp3) is 0.421. The second-order valence-corrected chi connectivity index (χ2v) is 7.16. The molecule has 0 saturated carbocycles. The Labute approximate surface area is 176 Å². The summed E-state index contributed by atoms with van der Waals surface area (Å²) < 4.78 is 0. The van der Waals surface area contributed by atoms with Crippen LogP contribution in [0.5, 0.6) is 0 Å². The highest BCUT2D eigenvalue weighted by molar-refractivity contribution is 5.94. The maximum absolute atomic E-state index is 12.9. The Morgan fingerprint density at radius 2 is 1.96 bits per heavy atom. The van der Waals surface area contributed by atoms with E-state index >= 15 is 0 Å². The third-order valence-corrected chi connectivity index (χ3v) is 5.54. The lowest BCUT2D eigenvalue weighted by Gasteiger charge is -2.47. The first-order valence-electron chi connectivity index (χ1n) is 8.95. The first kappa shape index (κ1) is 22.4. The molecule has 1 amide bonds. The van der Waals surface area contributed by atoms with E-state index in [-0.39, 0.29) is 36.6 Å². The predicted molar refractivity (Wildman–Crippen MR) is 113 cm³/mol. The highest BCUT2D eigenvalue weighted by Gasteiger charge is 2.43. The second kappa shape index (κ2) is 9.05. The number of nitrogens with two attached hydrogens (primary N) is 1. The van der Waals surface area contributed by atoms with Crippen molar-refractivity contribution in [2.45, 2.75) is 18.4 Å². The van der Waals surface area contributed by atoms with Gasteiger partial charge in [-0.05, 0) is 31.5 Å². The van der Waals surface area contributed by atoms with Crippen molar-refractivity contribution in [3.05, 3.63) is 42.2 Å². The molecule has 0 unspecified atom stereocenters. The van der Waals surface area contributed by atoms with Gasteiger partial charge in [-0.1, -0.05) is 12.1 Å². The van der Waals surface area contributed by atoms with E-state index in [1.807, 2.05) is 29.2 Å². The molecule has 1 aromatic heterocycles. The zero-order valence-corrected chi connectivity index (χ0v) is 17.0. The van der Waals surface area contributed by atoms with Crippen LogP contribution in [0.2, 0.25) is 0 Å². The summed E-state index contributed by atoms with van der Waals surface area (Å²) >= 11 is 0. The largest absolute Gasteiger partial charge is 0.389 e. The summed E-state index contributed by atoms with van der Waals surface area (Å²) in [5, 5.41) is 14.1. The Hall–Kier alpha value is -1.93. The Morgan fingerprint density at radius 1 is 1.21 bits per heavy atom. The Balaban J connectivity index is 0.00000140. The molecule has 2 aliphatic rings. The zero-order valence-electron chi connectivity index (χ0n) is 15.4. The normalized spacial score (nSPS) is 23.8. The van der Waals surface area contributed by atoms with Gasteiger partial charge in [0.2, 0.25) is 0 Å². The molecule has 1 aromatic carbocycles. The van der Waals surface area contributed by atoms with Crippen LogP contribution >= 0.6 is 24.8 Å². The van der Waals surface area contributed by atoms with Gasteiger partial charge in [0.05, 0.1) is 11.3 Å². The van der Waals surface area contributed by atoms with Gasteiger partial charge in [0.25, 0.3) is 5.91 Å². The highest BCUT2D eigenvalue weighted by Crippen LogP contribution is 2.33. The van der Waals surface area contributed by atoms with Gasteiger partial charge in [0.1, 0.15) is 12.1 Å². The Kier molecular flexibility index (Phi) is 7.22. The molecule has 2 fully saturated rings. The summed E-state index contributed by atoms with van der Waals surface area (Å²) in [5.41, 5.74) is 7.33. The van der Waals surface area contributed by atoms with Crippen molar-refractivity contribution in [3.63, 3.8) is 0 Å². The Morgan fingerprint density at radius 3 is 2.68 bits per heavy atom. The van der Waals surface area contributed by atoms with E-state index in [0.717, 1.165) is 30.8 Å². The van der Waals surface area contributed by atoms with Crippen LogP contribution in [0.3, 0.4) is 0 Å². The number of anilines is 1. The van der Waals surface area contributed by atoms with Gasteiger partial charge in [-0.25, -0.2) is 9.97 Å². The lowest BCUT2D eigenvalue weighted by molar-refractivity contribution is -0.0817. The molecule has 2 atom stereocenters. The fourth-order valence-corrected chi connectivity index (χ4v) is 3.91. The summed E-state index contributed by atoms with van der Waals surface area (Å²) in [5.74, 6) is 0.514. The monoisotopic (exact) mass is 425 g/mol. The van der Waals surface area contributed by atoms with Crippen molar-refractivity contribution in [3.8, 4) is 11.3 Å². The molecule has 0 bridgehead atoms. The van der Waals surface area contributed by atoms with E-state index in [1.165, 1.54) is 6.33 Å². The van der Waals surface area contributed by atoms with Crippen LogP contribution in [0.15, 0.2) is 36.7 Å². The van der Waals surface area contributed by atoms with Crippen LogP contribution in [0.4, 0.5) is 5.82 Å². The van der Waals surface area contributed by atoms with Gasteiger partial charge in [0.15, 0.2) is 0 Å². The molecule has 9 heteroatoms. The lowest BCUT2D eigenvalue weighted by atomic mass is 9.76. The fourth-order valence-electron chi connectivity index (χ4n) is 3.91. The maximum Gasteiger partial charge on any atom is 0.253 e. The molecule has 0 aliphatic carbocycles. The number of benzene rings is 1. The third kappa shape index (κ3) is 4.38. The van der Waals surface area contributed by atoms with Crippen molar-refractivity contribution in [1.82, 2.24) is 20.2 Å². The number of halogens is 2. The first-order chi connectivity index (χ1) is 12.5. The molecule has 28 heavy (non-hydrogen) atoms. The Bertz CT molecular complexity index is 820. The number of nitrogens with one attached hydrogen (secondary N) is 1. The quantitative estimate of drug-likeness (QED) is 0.676. The van der Waals surface area contributed by atoms with Gasteiger partial charge in [-0.15, -0.1) is 24.8 Å². The number of hydrogen-bond donors (Lipinski definition) is 3. The summed E-state index contributed by atoms with van der Waals surface area (Å²) in [6.07, 6.45) is 2.83. The number of nitrogen functional groups attached to an aromatic ring is 1. The molecular weight excluding hydrogens is 401 g/mol. The molecule has 0 spiro atoms. The number of fused-ring (bicyclic) bond motifs is 1. The number of hydrogen-bond acceptors (Lipinski definition) is 6. The minimum absolute atomic E-state index is 0. The average Bonchev–Trinajstić information content (AvgIpc) is 2.67. The molecular formula is C19H25Cl2N5O2. The summed E-state index contributed by atoms with van der Waals surface area (Å²) in [4.78, 5) is 22.8. The third-order valence-electron chi connectivity index (χ3n) is 5.54. The van der Waals surface area contributed by atoms with Gasteiger partial charge in [0, 0.05) is 42.7 Å². The number of carbonyl (C=O) groups is 1. The second-order valence-electron chi connectivity index (χ2n) is 7.16. The number of piperidine rings is 2. The molecule has 4 rings (SSSR count). The minimum Gasteiger partial charge on any atom is -0.389 e. The molecule has 2 saturated heterocycles. The topological polar surface area (TPSA) is 104 Å². The smallest absolute Gasteiger partial charge is 0.253 e. The first-order valence-corrected chi connectivity index (χ1v) is 8.95. The molecule has 3 heterocycles. The van der Waals surface area contributed by atoms with Gasteiger partial charge >= 0.3 is 0 Å². The number of rotatable bonds is 2. The summed E-state index contributed by atoms with van der Waals surface area (Å²) in [6, 6.07) is 9.08. The van der Waals surface area contributed by atoms with E-state index in [2.05, 4.69) is 15.3 Å².